The van der Waals surface area contributed by atoms with E-state index in [1.807, 2.05) is 29.4 Å². The third kappa shape index (κ3) is 2.91. The second kappa shape index (κ2) is 6.48. The van der Waals surface area contributed by atoms with Crippen LogP contribution in [0.3, 0.4) is 0 Å². The van der Waals surface area contributed by atoms with E-state index in [2.05, 4.69) is 44.8 Å². The minimum Gasteiger partial charge on any atom is -0.336 e. The monoisotopic (exact) mass is 361 g/mol. The van der Waals surface area contributed by atoms with Crippen LogP contribution >= 0.6 is 0 Å². The Bertz CT molecular complexity index is 980. The summed E-state index contributed by atoms with van der Waals surface area (Å²) in [6.45, 7) is 3.51. The minimum absolute atomic E-state index is 0.122. The molecule has 6 heteroatoms. The number of piperazine rings is 1. The summed E-state index contributed by atoms with van der Waals surface area (Å²) >= 11 is 0. The number of carbonyl (C=O) groups excluding carboxylic acids is 1. The van der Waals surface area contributed by atoms with Gasteiger partial charge in [0.25, 0.3) is 0 Å². The Hall–Kier alpha value is -2.70. The molecule has 2 aliphatic heterocycles. The summed E-state index contributed by atoms with van der Waals surface area (Å²) < 4.78 is 2.11. The minimum atomic E-state index is -0.306. The number of amides is 1. The fourth-order valence-electron chi connectivity index (χ4n) is 4.35. The Kier molecular flexibility index (Phi) is 3.95. The van der Waals surface area contributed by atoms with Gasteiger partial charge in [0.15, 0.2) is 0 Å². The number of para-hydroxylation sites is 2. The molecule has 2 saturated heterocycles. The molecule has 0 saturated carbocycles. The van der Waals surface area contributed by atoms with Crippen molar-refractivity contribution in [1.29, 1.82) is 0 Å². The molecule has 1 aromatic heterocycles. The predicted octanol–water partition coefficient (Wildman–Crippen LogP) is 1.77. The molecule has 0 aliphatic carbocycles. The van der Waals surface area contributed by atoms with Gasteiger partial charge in [-0.2, -0.15) is 0 Å². The molecule has 3 heterocycles. The van der Waals surface area contributed by atoms with Gasteiger partial charge in [-0.15, -0.1) is 0 Å². The fourth-order valence-corrected chi connectivity index (χ4v) is 4.35. The first kappa shape index (κ1) is 16.5. The van der Waals surface area contributed by atoms with E-state index in [4.69, 9.17) is 5.73 Å². The van der Waals surface area contributed by atoms with Crippen LogP contribution in [0.2, 0.25) is 0 Å². The summed E-state index contributed by atoms with van der Waals surface area (Å²) in [5.74, 6) is 0.122. The van der Waals surface area contributed by atoms with Gasteiger partial charge in [-0.1, -0.05) is 24.3 Å². The molecule has 2 N–H and O–H groups in total. The lowest BCUT2D eigenvalue weighted by molar-refractivity contribution is -0.131. The molecule has 2 atom stereocenters. The average Bonchev–Trinajstić information content (AvgIpc) is 3.24. The smallest absolute Gasteiger partial charge is 0.239 e. The van der Waals surface area contributed by atoms with Gasteiger partial charge in [0.1, 0.15) is 6.33 Å². The SMILES string of the molecule is NC1CC2CN(Cc3ccc(-n4cnc5ccccc54)cc3)CCN2C1=O. The van der Waals surface area contributed by atoms with Crippen molar-refractivity contribution in [3.63, 3.8) is 0 Å². The zero-order valence-corrected chi connectivity index (χ0v) is 15.2. The maximum atomic E-state index is 12.0. The summed E-state index contributed by atoms with van der Waals surface area (Å²) in [7, 11) is 0. The zero-order valence-electron chi connectivity index (χ0n) is 15.2. The Balaban J connectivity index is 1.29. The number of nitrogens with zero attached hydrogens (tertiary/aromatic N) is 4. The maximum Gasteiger partial charge on any atom is 0.239 e. The van der Waals surface area contributed by atoms with Gasteiger partial charge in [-0.25, -0.2) is 4.98 Å². The van der Waals surface area contributed by atoms with Gasteiger partial charge >= 0.3 is 0 Å². The molecular formula is C21H23N5O. The third-order valence-electron chi connectivity index (χ3n) is 5.77. The number of fused-ring (bicyclic) bond motifs is 2. The highest BCUT2D eigenvalue weighted by Crippen LogP contribution is 2.24. The topological polar surface area (TPSA) is 67.4 Å². The van der Waals surface area contributed by atoms with Crippen LogP contribution in [0.15, 0.2) is 54.9 Å². The molecule has 6 nitrogen and oxygen atoms in total. The summed E-state index contributed by atoms with van der Waals surface area (Å²) in [5.41, 5.74) is 10.4. The van der Waals surface area contributed by atoms with Crippen LogP contribution in [0, 0.1) is 0 Å². The van der Waals surface area contributed by atoms with Gasteiger partial charge in [-0.3, -0.25) is 14.3 Å². The van der Waals surface area contributed by atoms with Gasteiger partial charge in [0.2, 0.25) is 5.91 Å². The number of hydrogen-bond donors (Lipinski definition) is 1. The first-order chi connectivity index (χ1) is 13.2. The highest BCUT2D eigenvalue weighted by Gasteiger charge is 2.40. The largest absolute Gasteiger partial charge is 0.336 e. The average molecular weight is 361 g/mol. The second-order valence-corrected chi connectivity index (χ2v) is 7.53. The summed E-state index contributed by atoms with van der Waals surface area (Å²) in [6.07, 6.45) is 2.65. The van der Waals surface area contributed by atoms with E-state index < -0.39 is 0 Å². The molecule has 1 amide bonds. The summed E-state index contributed by atoms with van der Waals surface area (Å²) in [6, 6.07) is 16.8. The number of hydrogen-bond acceptors (Lipinski definition) is 4. The van der Waals surface area contributed by atoms with Crippen LogP contribution in [-0.4, -0.2) is 57.0 Å². The van der Waals surface area contributed by atoms with Crippen LogP contribution in [0.25, 0.3) is 16.7 Å². The van der Waals surface area contributed by atoms with Gasteiger partial charge < -0.3 is 10.6 Å². The molecule has 27 heavy (non-hydrogen) atoms. The lowest BCUT2D eigenvalue weighted by Gasteiger charge is -2.37. The Morgan fingerprint density at radius 2 is 1.89 bits per heavy atom. The van der Waals surface area contributed by atoms with E-state index >= 15 is 0 Å². The molecule has 2 unspecified atom stereocenters. The lowest BCUT2D eigenvalue weighted by atomic mass is 10.1. The van der Waals surface area contributed by atoms with Crippen LogP contribution in [0.4, 0.5) is 0 Å². The zero-order chi connectivity index (χ0) is 18.4. The summed E-state index contributed by atoms with van der Waals surface area (Å²) in [5, 5.41) is 0. The normalized spacial score (nSPS) is 23.1. The molecule has 0 spiro atoms. The number of imidazole rings is 1. The molecule has 138 valence electrons. The number of benzene rings is 2. The van der Waals surface area contributed by atoms with Crippen LogP contribution in [-0.2, 0) is 11.3 Å². The van der Waals surface area contributed by atoms with Crippen molar-refractivity contribution in [3.8, 4) is 5.69 Å². The number of carbonyl (C=O) groups is 1. The van der Waals surface area contributed by atoms with E-state index in [0.29, 0.717) is 0 Å². The molecule has 5 rings (SSSR count). The fraction of sp³-hybridized carbons (Fsp3) is 0.333. The Labute approximate surface area is 158 Å². The van der Waals surface area contributed by atoms with Crippen molar-refractivity contribution >= 4 is 16.9 Å². The van der Waals surface area contributed by atoms with Crippen molar-refractivity contribution < 1.29 is 4.79 Å². The summed E-state index contributed by atoms with van der Waals surface area (Å²) in [4.78, 5) is 20.9. The predicted molar refractivity (Wildman–Crippen MR) is 104 cm³/mol. The number of nitrogens with two attached hydrogens (primary N) is 1. The van der Waals surface area contributed by atoms with Gasteiger partial charge in [0, 0.05) is 37.9 Å². The highest BCUT2D eigenvalue weighted by atomic mass is 16.2. The van der Waals surface area contributed by atoms with E-state index in [0.717, 1.165) is 49.3 Å². The first-order valence-corrected chi connectivity index (χ1v) is 9.49. The van der Waals surface area contributed by atoms with Crippen molar-refractivity contribution in [2.45, 2.75) is 25.0 Å². The van der Waals surface area contributed by atoms with Crippen molar-refractivity contribution in [1.82, 2.24) is 19.4 Å². The molecule has 2 fully saturated rings. The van der Waals surface area contributed by atoms with E-state index in [1.165, 1.54) is 5.56 Å². The van der Waals surface area contributed by atoms with Gasteiger partial charge in [0.05, 0.1) is 17.1 Å². The molecule has 0 radical (unpaired) electrons. The molecule has 0 bridgehead atoms. The van der Waals surface area contributed by atoms with Gasteiger partial charge in [-0.05, 0) is 36.2 Å². The molecule has 2 aromatic carbocycles. The van der Waals surface area contributed by atoms with Crippen LogP contribution in [0.1, 0.15) is 12.0 Å². The number of rotatable bonds is 3. The third-order valence-corrected chi connectivity index (χ3v) is 5.77. The van der Waals surface area contributed by atoms with Crippen molar-refractivity contribution in [3.05, 3.63) is 60.4 Å². The van der Waals surface area contributed by atoms with E-state index in [-0.39, 0.29) is 18.0 Å². The van der Waals surface area contributed by atoms with Crippen molar-refractivity contribution in [2.24, 2.45) is 5.73 Å². The van der Waals surface area contributed by atoms with Crippen LogP contribution < -0.4 is 5.73 Å². The first-order valence-electron chi connectivity index (χ1n) is 9.49. The van der Waals surface area contributed by atoms with E-state index in [9.17, 15) is 4.79 Å². The highest BCUT2D eigenvalue weighted by molar-refractivity contribution is 5.84. The maximum absolute atomic E-state index is 12.0. The Morgan fingerprint density at radius 3 is 2.74 bits per heavy atom. The van der Waals surface area contributed by atoms with E-state index in [1.54, 1.807) is 0 Å². The standard InChI is InChI=1S/C21H23N5O/c22-18-11-17-13-24(9-10-25(17)21(18)27)12-15-5-7-16(8-6-15)26-14-23-19-3-1-2-4-20(19)26/h1-8,14,17-18H,9-13,22H2. The van der Waals surface area contributed by atoms with Crippen molar-refractivity contribution in [2.75, 3.05) is 19.6 Å². The number of aromatic nitrogens is 2. The second-order valence-electron chi connectivity index (χ2n) is 7.53. The molecule has 2 aliphatic rings. The quantitative estimate of drug-likeness (QED) is 0.772. The Morgan fingerprint density at radius 1 is 1.07 bits per heavy atom. The molecule has 3 aromatic rings. The van der Waals surface area contributed by atoms with Crippen LogP contribution in [0.5, 0.6) is 0 Å². The lowest BCUT2D eigenvalue weighted by Crippen LogP contribution is -2.51. The molecular weight excluding hydrogens is 338 g/mol.